The molecule has 0 bridgehead atoms. The van der Waals surface area contributed by atoms with Gasteiger partial charge in [-0.2, -0.15) is 13.2 Å². The van der Waals surface area contributed by atoms with Crippen LogP contribution in [0.4, 0.5) is 24.5 Å². The van der Waals surface area contributed by atoms with Gasteiger partial charge in [-0.25, -0.2) is 0 Å². The fraction of sp³-hybridized carbons (Fsp3) is 0.452. The van der Waals surface area contributed by atoms with Gasteiger partial charge in [-0.15, -0.1) is 0 Å². The molecule has 206 valence electrons. The lowest BCUT2D eigenvalue weighted by molar-refractivity contribution is -0.137. The maximum Gasteiger partial charge on any atom is 0.416 e. The van der Waals surface area contributed by atoms with Gasteiger partial charge in [0.05, 0.1) is 17.3 Å². The van der Waals surface area contributed by atoms with E-state index in [-0.39, 0.29) is 0 Å². The Labute approximate surface area is 228 Å². The van der Waals surface area contributed by atoms with Gasteiger partial charge in [0.25, 0.3) is 0 Å². The van der Waals surface area contributed by atoms with Gasteiger partial charge in [-0.1, -0.05) is 24.3 Å². The molecule has 1 N–H and O–H groups in total. The number of nitrogens with zero attached hydrogens (tertiary/aromatic N) is 4. The van der Waals surface area contributed by atoms with Crippen LogP contribution in [-0.2, 0) is 25.6 Å². The second-order valence-corrected chi connectivity index (χ2v) is 11.1. The Bertz CT molecular complexity index is 1300. The number of pyridine rings is 1. The van der Waals surface area contributed by atoms with E-state index in [2.05, 4.69) is 51.3 Å². The Kier molecular flexibility index (Phi) is 7.25. The van der Waals surface area contributed by atoms with Gasteiger partial charge in [0, 0.05) is 62.9 Å². The summed E-state index contributed by atoms with van der Waals surface area (Å²) in [6.45, 7) is 4.78. The smallest absolute Gasteiger partial charge is 0.368 e. The van der Waals surface area contributed by atoms with Crippen LogP contribution in [-0.4, -0.2) is 55.7 Å². The predicted octanol–water partition coefficient (Wildman–Crippen LogP) is 5.45. The Morgan fingerprint density at radius 3 is 2.56 bits per heavy atom. The maximum atomic E-state index is 13.2. The fourth-order valence-corrected chi connectivity index (χ4v) is 6.59. The van der Waals surface area contributed by atoms with Crippen molar-refractivity contribution in [3.05, 3.63) is 88.7 Å². The highest BCUT2D eigenvalue weighted by Crippen LogP contribution is 2.35. The number of hydrogen-bond acceptors (Lipinski definition) is 5. The normalized spacial score (nSPS) is 21.6. The van der Waals surface area contributed by atoms with E-state index in [1.807, 2.05) is 12.3 Å². The molecule has 39 heavy (non-hydrogen) atoms. The Hall–Kier alpha value is -3.10. The van der Waals surface area contributed by atoms with Crippen molar-refractivity contribution >= 4 is 11.4 Å². The van der Waals surface area contributed by atoms with Gasteiger partial charge in [0.1, 0.15) is 0 Å². The predicted molar refractivity (Wildman–Crippen MR) is 149 cm³/mol. The number of aromatic nitrogens is 1. The number of hydrogen-bond donors (Lipinski definition) is 1. The van der Waals surface area contributed by atoms with E-state index in [1.165, 1.54) is 46.6 Å². The fourth-order valence-electron chi connectivity index (χ4n) is 6.59. The van der Waals surface area contributed by atoms with Gasteiger partial charge in [0.2, 0.25) is 0 Å². The molecule has 2 aromatic carbocycles. The number of likely N-dealkylation sites (N-methyl/N-ethyl adjacent to an activating group) is 1. The number of aryl methyl sites for hydroxylation is 1. The lowest BCUT2D eigenvalue weighted by Gasteiger charge is -2.40. The molecule has 3 aromatic rings. The molecule has 3 heterocycles. The minimum absolute atomic E-state index is 0.351. The molecule has 0 amide bonds. The third-order valence-corrected chi connectivity index (χ3v) is 8.64. The summed E-state index contributed by atoms with van der Waals surface area (Å²) in [5.41, 5.74) is 6.70. The summed E-state index contributed by atoms with van der Waals surface area (Å²) in [6.07, 6.45) is 2.02. The number of benzene rings is 2. The summed E-state index contributed by atoms with van der Waals surface area (Å²) >= 11 is 0. The average molecular weight is 536 g/mol. The number of piperazine rings is 1. The Morgan fingerprint density at radius 1 is 0.974 bits per heavy atom. The van der Waals surface area contributed by atoms with E-state index < -0.39 is 11.7 Å². The van der Waals surface area contributed by atoms with Crippen molar-refractivity contribution in [2.24, 2.45) is 0 Å². The molecule has 0 saturated carbocycles. The van der Waals surface area contributed by atoms with Crippen LogP contribution < -0.4 is 15.1 Å². The summed E-state index contributed by atoms with van der Waals surface area (Å²) in [5, 5.41) is 3.76. The van der Waals surface area contributed by atoms with Gasteiger partial charge >= 0.3 is 6.18 Å². The van der Waals surface area contributed by atoms with Crippen molar-refractivity contribution in [1.82, 2.24) is 15.2 Å². The van der Waals surface area contributed by atoms with Gasteiger partial charge in [-0.3, -0.25) is 9.88 Å². The molecule has 0 radical (unpaired) electrons. The topological polar surface area (TPSA) is 34.6 Å². The maximum absolute atomic E-state index is 13.2. The van der Waals surface area contributed by atoms with Crippen molar-refractivity contribution < 1.29 is 13.2 Å². The molecule has 1 saturated heterocycles. The summed E-state index contributed by atoms with van der Waals surface area (Å²) in [4.78, 5) is 11.7. The van der Waals surface area contributed by atoms with Crippen molar-refractivity contribution in [3.63, 3.8) is 0 Å². The van der Waals surface area contributed by atoms with E-state index >= 15 is 0 Å². The van der Waals surface area contributed by atoms with Crippen LogP contribution in [0, 0.1) is 0 Å². The standard InChI is InChI=1S/C31H36F3N5/c1-37(29-12-2-6-22-8-5-13-35-30(22)29)21-25-19-27-23(20-36-25)7-3-11-28(27)39-16-14-38(15-17-39)26-10-4-9-24(18-26)31(32,33)34/h3-5,7-11,13,18,25,29,36H,2,6,12,14-17,19-21H2,1H3/t25-,29?/m1/s1. The summed E-state index contributed by atoms with van der Waals surface area (Å²) < 4.78 is 39.7. The van der Waals surface area contributed by atoms with E-state index in [0.717, 1.165) is 51.5 Å². The van der Waals surface area contributed by atoms with Crippen molar-refractivity contribution in [3.8, 4) is 0 Å². The lowest BCUT2D eigenvalue weighted by Crippen LogP contribution is -2.48. The SMILES string of the molecule is CN(C[C@H]1Cc2c(cccc2N2CCN(c3cccc(C(F)(F)F)c3)CC2)CN1)C1CCCc2cccnc21. The molecule has 1 unspecified atom stereocenters. The third kappa shape index (κ3) is 5.50. The zero-order valence-corrected chi connectivity index (χ0v) is 22.4. The molecule has 5 nitrogen and oxygen atoms in total. The first kappa shape index (κ1) is 26.1. The molecule has 2 aliphatic heterocycles. The van der Waals surface area contributed by atoms with Crippen LogP contribution in [0.5, 0.6) is 0 Å². The first-order valence-corrected chi connectivity index (χ1v) is 14.0. The first-order valence-electron chi connectivity index (χ1n) is 14.0. The number of alkyl halides is 3. The highest BCUT2D eigenvalue weighted by Gasteiger charge is 2.32. The van der Waals surface area contributed by atoms with Crippen LogP contribution in [0.2, 0.25) is 0 Å². The monoisotopic (exact) mass is 535 g/mol. The Morgan fingerprint density at radius 2 is 1.74 bits per heavy atom. The van der Waals surface area contributed by atoms with Crippen LogP contribution in [0.15, 0.2) is 60.8 Å². The van der Waals surface area contributed by atoms with Crippen molar-refractivity contribution in [2.45, 2.75) is 50.5 Å². The van der Waals surface area contributed by atoms with Crippen LogP contribution in [0.3, 0.4) is 0 Å². The van der Waals surface area contributed by atoms with Crippen LogP contribution in [0.1, 0.15) is 46.8 Å². The number of nitrogens with one attached hydrogen (secondary N) is 1. The number of rotatable bonds is 5. The van der Waals surface area contributed by atoms with E-state index in [4.69, 9.17) is 4.98 Å². The Balaban J connectivity index is 1.13. The van der Waals surface area contributed by atoms with Gasteiger partial charge < -0.3 is 15.1 Å². The quantitative estimate of drug-likeness (QED) is 0.470. The third-order valence-electron chi connectivity index (χ3n) is 8.64. The second kappa shape index (κ2) is 10.8. The van der Waals surface area contributed by atoms with E-state index in [1.54, 1.807) is 6.07 Å². The summed E-state index contributed by atoms with van der Waals surface area (Å²) in [7, 11) is 2.23. The summed E-state index contributed by atoms with van der Waals surface area (Å²) in [5.74, 6) is 0. The first-order chi connectivity index (χ1) is 18.9. The zero-order valence-electron chi connectivity index (χ0n) is 22.4. The molecule has 8 heteroatoms. The number of halogens is 3. The zero-order chi connectivity index (χ0) is 27.0. The average Bonchev–Trinajstić information content (AvgIpc) is 2.96. The minimum atomic E-state index is -4.32. The summed E-state index contributed by atoms with van der Waals surface area (Å²) in [6, 6.07) is 17.2. The number of fused-ring (bicyclic) bond motifs is 2. The van der Waals surface area contributed by atoms with Gasteiger partial charge in [0.15, 0.2) is 0 Å². The minimum Gasteiger partial charge on any atom is -0.368 e. The van der Waals surface area contributed by atoms with Gasteiger partial charge in [-0.05, 0) is 79.8 Å². The molecular formula is C31H36F3N5. The molecule has 2 atom stereocenters. The molecule has 1 aliphatic carbocycles. The highest BCUT2D eigenvalue weighted by atomic mass is 19.4. The number of anilines is 2. The van der Waals surface area contributed by atoms with Crippen LogP contribution >= 0.6 is 0 Å². The second-order valence-electron chi connectivity index (χ2n) is 11.1. The molecule has 1 fully saturated rings. The molecule has 1 aromatic heterocycles. The molecule has 0 spiro atoms. The lowest BCUT2D eigenvalue weighted by atomic mass is 9.89. The molecular weight excluding hydrogens is 499 g/mol. The highest BCUT2D eigenvalue weighted by molar-refractivity contribution is 5.60. The van der Waals surface area contributed by atoms with Crippen molar-refractivity contribution in [2.75, 3.05) is 49.6 Å². The van der Waals surface area contributed by atoms with Crippen LogP contribution in [0.25, 0.3) is 0 Å². The largest absolute Gasteiger partial charge is 0.416 e. The van der Waals surface area contributed by atoms with E-state index in [9.17, 15) is 13.2 Å². The molecule has 3 aliphatic rings. The molecule has 6 rings (SSSR count). The van der Waals surface area contributed by atoms with E-state index in [0.29, 0.717) is 30.9 Å². The van der Waals surface area contributed by atoms with Crippen molar-refractivity contribution in [1.29, 1.82) is 0 Å².